The van der Waals surface area contributed by atoms with Crippen molar-refractivity contribution in [2.45, 2.75) is 58.2 Å². The largest absolute Gasteiger partial charge is 0.486 e. The van der Waals surface area contributed by atoms with Crippen LogP contribution in [0.1, 0.15) is 62.7 Å². The molecule has 0 radical (unpaired) electrons. The Morgan fingerprint density at radius 1 is 1.03 bits per heavy atom. The van der Waals surface area contributed by atoms with E-state index < -0.39 is 0 Å². The first kappa shape index (κ1) is 24.2. The minimum absolute atomic E-state index is 0.160. The first-order chi connectivity index (χ1) is 16.4. The molecule has 0 bridgehead atoms. The number of hydrogen-bond acceptors (Lipinski definition) is 5. The second-order valence-corrected chi connectivity index (χ2v) is 10.0. The zero-order chi connectivity index (χ0) is 24.1. The second kappa shape index (κ2) is 11.0. The van der Waals surface area contributed by atoms with E-state index in [1.165, 1.54) is 11.3 Å². The van der Waals surface area contributed by atoms with Crippen LogP contribution in [0.2, 0.25) is 5.02 Å². The Bertz CT molecular complexity index is 1160. The lowest BCUT2D eigenvalue weighted by atomic mass is 9.90. The summed E-state index contributed by atoms with van der Waals surface area (Å²) >= 11 is 7.57. The Hall–Kier alpha value is -2.90. The number of carbonyl (C=O) groups excluding carboxylic acids is 2. The minimum atomic E-state index is -0.238. The van der Waals surface area contributed by atoms with E-state index in [2.05, 4.69) is 21.7 Å². The van der Waals surface area contributed by atoms with E-state index in [0.29, 0.717) is 22.9 Å². The summed E-state index contributed by atoms with van der Waals surface area (Å²) in [5.41, 5.74) is 3.08. The molecule has 1 aliphatic rings. The fourth-order valence-electron chi connectivity index (χ4n) is 4.25. The molecule has 1 aliphatic carbocycles. The standard InChI is InChI=1S/C26H28ClN3O3S/c1-16-11-17(2)13-18(12-16)33-14-24-28-23(15-34-24)26(32)30-22-10-6-5-9-21(22)29-25(31)19-7-3-4-8-20(19)27/h3-4,7-8,11-13,15,21-22H,5-6,9-10,14H2,1-2H3,(H,29,31)(H,30,32)/t21-,22-/m1/s1. The van der Waals surface area contributed by atoms with Crippen LogP contribution in [0.15, 0.2) is 47.8 Å². The predicted octanol–water partition coefficient (Wildman–Crippen LogP) is 5.46. The van der Waals surface area contributed by atoms with Gasteiger partial charge in [0.25, 0.3) is 11.8 Å². The van der Waals surface area contributed by atoms with Crippen LogP contribution in [0, 0.1) is 13.8 Å². The molecular formula is C26H28ClN3O3S. The van der Waals surface area contributed by atoms with E-state index in [0.717, 1.165) is 47.6 Å². The molecule has 178 valence electrons. The zero-order valence-electron chi connectivity index (χ0n) is 19.3. The lowest BCUT2D eigenvalue weighted by Gasteiger charge is -2.32. The van der Waals surface area contributed by atoms with E-state index >= 15 is 0 Å². The number of thiazole rings is 1. The van der Waals surface area contributed by atoms with Gasteiger partial charge in [0.05, 0.1) is 10.6 Å². The van der Waals surface area contributed by atoms with Gasteiger partial charge in [0.15, 0.2) is 0 Å². The van der Waals surface area contributed by atoms with Gasteiger partial charge in [0, 0.05) is 17.5 Å². The molecule has 2 N–H and O–H groups in total. The van der Waals surface area contributed by atoms with E-state index in [1.54, 1.807) is 29.6 Å². The van der Waals surface area contributed by atoms with E-state index in [-0.39, 0.29) is 23.9 Å². The fourth-order valence-corrected chi connectivity index (χ4v) is 5.16. The van der Waals surface area contributed by atoms with Crippen LogP contribution in [0.25, 0.3) is 0 Å². The molecule has 1 heterocycles. The summed E-state index contributed by atoms with van der Waals surface area (Å²) < 4.78 is 5.87. The maximum Gasteiger partial charge on any atom is 0.271 e. The fraction of sp³-hybridized carbons (Fsp3) is 0.346. The number of nitrogens with one attached hydrogen (secondary N) is 2. The Kier molecular flexibility index (Phi) is 7.85. The van der Waals surface area contributed by atoms with Gasteiger partial charge < -0.3 is 15.4 Å². The lowest BCUT2D eigenvalue weighted by molar-refractivity contribution is 0.0860. The van der Waals surface area contributed by atoms with Crippen LogP contribution in [-0.2, 0) is 6.61 Å². The van der Waals surface area contributed by atoms with Crippen molar-refractivity contribution in [2.75, 3.05) is 0 Å². The third-order valence-electron chi connectivity index (χ3n) is 5.86. The summed E-state index contributed by atoms with van der Waals surface area (Å²) in [7, 11) is 0. The predicted molar refractivity (Wildman–Crippen MR) is 135 cm³/mol. The minimum Gasteiger partial charge on any atom is -0.486 e. The molecule has 8 heteroatoms. The molecule has 6 nitrogen and oxygen atoms in total. The van der Waals surface area contributed by atoms with Gasteiger partial charge in [-0.1, -0.05) is 42.6 Å². The van der Waals surface area contributed by atoms with Gasteiger partial charge in [-0.2, -0.15) is 0 Å². The molecule has 2 amide bonds. The first-order valence-corrected chi connectivity index (χ1v) is 12.7. The SMILES string of the molecule is Cc1cc(C)cc(OCc2nc(C(=O)N[C@@H]3CCCC[C@H]3NC(=O)c3ccccc3Cl)cs2)c1. The topological polar surface area (TPSA) is 80.3 Å². The molecule has 4 rings (SSSR count). The van der Waals surface area contributed by atoms with Crippen molar-refractivity contribution < 1.29 is 14.3 Å². The van der Waals surface area contributed by atoms with Gasteiger partial charge in [-0.05, 0) is 62.1 Å². The summed E-state index contributed by atoms with van der Waals surface area (Å²) in [5.74, 6) is 0.326. The molecule has 0 aliphatic heterocycles. The maximum atomic E-state index is 12.9. The average molecular weight is 498 g/mol. The highest BCUT2D eigenvalue weighted by Crippen LogP contribution is 2.22. The van der Waals surface area contributed by atoms with Crippen LogP contribution in [0.5, 0.6) is 5.75 Å². The van der Waals surface area contributed by atoms with E-state index in [4.69, 9.17) is 16.3 Å². The highest BCUT2D eigenvalue weighted by atomic mass is 35.5. The Balaban J connectivity index is 1.36. The number of rotatable bonds is 7. The van der Waals surface area contributed by atoms with Crippen molar-refractivity contribution in [1.82, 2.24) is 15.6 Å². The number of amides is 2. The number of carbonyl (C=O) groups is 2. The van der Waals surface area contributed by atoms with Gasteiger partial charge in [-0.3, -0.25) is 9.59 Å². The Morgan fingerprint density at radius 3 is 2.35 bits per heavy atom. The van der Waals surface area contributed by atoms with Crippen LogP contribution in [0.4, 0.5) is 0 Å². The quantitative estimate of drug-likeness (QED) is 0.454. The molecular weight excluding hydrogens is 470 g/mol. The zero-order valence-corrected chi connectivity index (χ0v) is 20.8. The molecule has 0 unspecified atom stereocenters. The molecule has 0 spiro atoms. The summed E-state index contributed by atoms with van der Waals surface area (Å²) in [6, 6.07) is 12.7. The Labute approximate surface area is 208 Å². The number of hydrogen-bond donors (Lipinski definition) is 2. The summed E-state index contributed by atoms with van der Waals surface area (Å²) in [6.45, 7) is 4.36. The van der Waals surface area contributed by atoms with Crippen molar-refractivity contribution in [3.05, 3.63) is 80.3 Å². The van der Waals surface area contributed by atoms with Gasteiger partial charge >= 0.3 is 0 Å². The van der Waals surface area contributed by atoms with Crippen LogP contribution in [-0.4, -0.2) is 28.9 Å². The molecule has 0 saturated heterocycles. The van der Waals surface area contributed by atoms with Crippen LogP contribution >= 0.6 is 22.9 Å². The van der Waals surface area contributed by atoms with Gasteiger partial charge in [-0.25, -0.2) is 4.98 Å². The lowest BCUT2D eigenvalue weighted by Crippen LogP contribution is -2.53. The monoisotopic (exact) mass is 497 g/mol. The van der Waals surface area contributed by atoms with Crippen molar-refractivity contribution in [2.24, 2.45) is 0 Å². The number of nitrogens with zero attached hydrogens (tertiary/aromatic N) is 1. The molecule has 2 aromatic carbocycles. The van der Waals surface area contributed by atoms with Crippen molar-refractivity contribution in [1.29, 1.82) is 0 Å². The second-order valence-electron chi connectivity index (χ2n) is 8.66. The smallest absolute Gasteiger partial charge is 0.271 e. The normalized spacial score (nSPS) is 17.7. The molecule has 1 aromatic heterocycles. The average Bonchev–Trinajstić information content (AvgIpc) is 3.28. The van der Waals surface area contributed by atoms with Crippen LogP contribution in [0.3, 0.4) is 0 Å². The third-order valence-corrected chi connectivity index (χ3v) is 7.01. The maximum absolute atomic E-state index is 12.9. The van der Waals surface area contributed by atoms with Gasteiger partial charge in [-0.15, -0.1) is 11.3 Å². The van der Waals surface area contributed by atoms with Crippen molar-refractivity contribution >= 4 is 34.8 Å². The summed E-state index contributed by atoms with van der Waals surface area (Å²) in [4.78, 5) is 30.1. The third kappa shape index (κ3) is 6.15. The van der Waals surface area contributed by atoms with Gasteiger partial charge in [0.2, 0.25) is 0 Å². The highest BCUT2D eigenvalue weighted by Gasteiger charge is 2.29. The summed E-state index contributed by atoms with van der Waals surface area (Å²) in [5, 5.41) is 9.03. The van der Waals surface area contributed by atoms with Crippen molar-refractivity contribution in [3.8, 4) is 5.75 Å². The first-order valence-electron chi connectivity index (χ1n) is 11.4. The highest BCUT2D eigenvalue weighted by molar-refractivity contribution is 7.09. The number of benzene rings is 2. The van der Waals surface area contributed by atoms with Crippen LogP contribution < -0.4 is 15.4 Å². The molecule has 1 fully saturated rings. The van der Waals surface area contributed by atoms with Crippen molar-refractivity contribution in [3.63, 3.8) is 0 Å². The number of halogens is 1. The van der Waals surface area contributed by atoms with E-state index in [9.17, 15) is 9.59 Å². The number of aromatic nitrogens is 1. The molecule has 3 aromatic rings. The molecule has 2 atom stereocenters. The molecule has 34 heavy (non-hydrogen) atoms. The van der Waals surface area contributed by atoms with Gasteiger partial charge in [0.1, 0.15) is 23.1 Å². The number of aryl methyl sites for hydroxylation is 2. The summed E-state index contributed by atoms with van der Waals surface area (Å²) in [6.07, 6.45) is 3.59. The molecule has 1 saturated carbocycles. The van der Waals surface area contributed by atoms with E-state index in [1.807, 2.05) is 26.0 Å². The Morgan fingerprint density at radius 2 is 1.68 bits per heavy atom. The number of ether oxygens (including phenoxy) is 1.